The van der Waals surface area contributed by atoms with Crippen LogP contribution in [0.15, 0.2) is 72.8 Å². The molecule has 4 aromatic rings. The Morgan fingerprint density at radius 2 is 1.30 bits per heavy atom. The predicted octanol–water partition coefficient (Wildman–Crippen LogP) is 8.63. The van der Waals surface area contributed by atoms with Gasteiger partial charge in [0.1, 0.15) is 17.1 Å². The van der Waals surface area contributed by atoms with Gasteiger partial charge in [0.25, 0.3) is 0 Å². The molecular formula is C45H50N2O6. The highest BCUT2D eigenvalue weighted by molar-refractivity contribution is 6.07. The van der Waals surface area contributed by atoms with E-state index in [1.165, 1.54) is 27.8 Å². The second-order valence-electron chi connectivity index (χ2n) is 15.8. The maximum Gasteiger partial charge on any atom is 0.414 e. The molecule has 0 saturated carbocycles. The SMILES string of the molecule is COc1cccc2c1CC(Cc1ccc3c(c1)C(=O)CCN3)C2.COc1cccc2c1CC(Cc1ccc3c(c1)C(=O)CCN3C(=O)OC(C)(C)C)C2. The minimum atomic E-state index is -0.572. The summed E-state index contributed by atoms with van der Waals surface area (Å²) < 4.78 is 16.5. The van der Waals surface area contributed by atoms with Crippen LogP contribution in [0.1, 0.15) is 87.7 Å². The number of anilines is 2. The van der Waals surface area contributed by atoms with Crippen LogP contribution in [-0.2, 0) is 43.3 Å². The molecule has 2 unspecified atom stereocenters. The lowest BCUT2D eigenvalue weighted by Crippen LogP contribution is -2.41. The number of nitrogens with zero attached hydrogens (tertiary/aromatic N) is 1. The van der Waals surface area contributed by atoms with E-state index >= 15 is 0 Å². The van der Waals surface area contributed by atoms with Gasteiger partial charge in [0, 0.05) is 42.7 Å². The second-order valence-corrected chi connectivity index (χ2v) is 15.8. The van der Waals surface area contributed by atoms with Gasteiger partial charge in [-0.2, -0.15) is 0 Å². The van der Waals surface area contributed by atoms with Crippen LogP contribution in [0.3, 0.4) is 0 Å². The molecule has 0 saturated heterocycles. The van der Waals surface area contributed by atoms with E-state index < -0.39 is 11.7 Å². The molecule has 0 aromatic heterocycles. The number of Topliss-reactive ketones (excluding diaryl/α,β-unsaturated/α-hetero) is 2. The standard InChI is InChI=1S/C25H29NO4.C20H21NO2/c1-25(2,3)30-24(28)26-11-10-22(27)20-14-16(8-9-21(20)26)12-17-13-18-6-5-7-23(29-4)19(18)15-17;1-23-20-4-2-3-15-10-14(12-16(15)20)9-13-5-6-18-17(11-13)19(22)7-8-21-18/h5-9,14,17H,10-13,15H2,1-4H3;2-6,11,14,21H,7-10,12H2,1H3. The van der Waals surface area contributed by atoms with Crippen molar-refractivity contribution in [1.82, 2.24) is 0 Å². The topological polar surface area (TPSA) is 94.2 Å². The Bertz CT molecular complexity index is 2050. The third kappa shape index (κ3) is 7.97. The number of hydrogen-bond acceptors (Lipinski definition) is 7. The first-order valence-corrected chi connectivity index (χ1v) is 18.9. The Labute approximate surface area is 312 Å². The fourth-order valence-corrected chi connectivity index (χ4v) is 8.44. The highest BCUT2D eigenvalue weighted by Gasteiger charge is 2.32. The number of ketones is 2. The van der Waals surface area contributed by atoms with E-state index in [0.29, 0.717) is 42.5 Å². The molecular weight excluding hydrogens is 665 g/mol. The molecule has 1 N–H and O–H groups in total. The lowest BCUT2D eigenvalue weighted by atomic mass is 9.92. The fraction of sp³-hybridized carbons (Fsp3) is 0.400. The molecule has 4 aromatic carbocycles. The van der Waals surface area contributed by atoms with Crippen LogP contribution < -0.4 is 19.7 Å². The Morgan fingerprint density at radius 1 is 0.736 bits per heavy atom. The molecule has 0 fully saturated rings. The van der Waals surface area contributed by atoms with Crippen molar-refractivity contribution in [2.24, 2.45) is 11.8 Å². The van der Waals surface area contributed by atoms with Crippen molar-refractivity contribution in [3.05, 3.63) is 117 Å². The first-order chi connectivity index (χ1) is 25.5. The van der Waals surface area contributed by atoms with E-state index in [2.05, 4.69) is 41.7 Å². The van der Waals surface area contributed by atoms with Gasteiger partial charge in [-0.05, 0) is 141 Å². The first-order valence-electron chi connectivity index (χ1n) is 18.9. The van der Waals surface area contributed by atoms with Crippen molar-refractivity contribution in [3.8, 4) is 11.5 Å². The zero-order valence-electron chi connectivity index (χ0n) is 31.6. The van der Waals surface area contributed by atoms with Crippen molar-refractivity contribution in [2.45, 2.75) is 77.7 Å². The Morgan fingerprint density at radius 3 is 1.89 bits per heavy atom. The van der Waals surface area contributed by atoms with Gasteiger partial charge in [0.2, 0.25) is 0 Å². The summed E-state index contributed by atoms with van der Waals surface area (Å²) in [6.45, 7) is 6.65. The van der Waals surface area contributed by atoms with Gasteiger partial charge in [-0.25, -0.2) is 4.79 Å². The lowest BCUT2D eigenvalue weighted by Gasteiger charge is -2.31. The quantitative estimate of drug-likeness (QED) is 0.214. The van der Waals surface area contributed by atoms with Crippen LogP contribution >= 0.6 is 0 Å². The number of benzene rings is 4. The number of carbonyl (C=O) groups is 3. The Kier molecular flexibility index (Phi) is 10.3. The van der Waals surface area contributed by atoms with Gasteiger partial charge in [0.15, 0.2) is 11.6 Å². The second kappa shape index (κ2) is 15.1. The van der Waals surface area contributed by atoms with Crippen molar-refractivity contribution in [2.75, 3.05) is 37.5 Å². The van der Waals surface area contributed by atoms with E-state index in [9.17, 15) is 14.4 Å². The summed E-state index contributed by atoms with van der Waals surface area (Å²) in [6, 6.07) is 24.8. The number of fused-ring (bicyclic) bond motifs is 4. The van der Waals surface area contributed by atoms with Crippen LogP contribution in [0.25, 0.3) is 0 Å². The monoisotopic (exact) mass is 714 g/mol. The molecule has 0 bridgehead atoms. The molecule has 8 rings (SSSR count). The van der Waals surface area contributed by atoms with Crippen molar-refractivity contribution in [1.29, 1.82) is 0 Å². The third-order valence-electron chi connectivity index (χ3n) is 10.8. The number of rotatable bonds is 6. The summed E-state index contributed by atoms with van der Waals surface area (Å²) >= 11 is 0. The first kappa shape index (κ1) is 36.3. The van der Waals surface area contributed by atoms with Gasteiger partial charge >= 0.3 is 6.09 Å². The summed E-state index contributed by atoms with van der Waals surface area (Å²) in [5.41, 5.74) is 10.4. The van der Waals surface area contributed by atoms with Crippen molar-refractivity contribution < 1.29 is 28.6 Å². The predicted molar refractivity (Wildman–Crippen MR) is 208 cm³/mol. The summed E-state index contributed by atoms with van der Waals surface area (Å²) in [5, 5.41) is 3.31. The zero-order valence-corrected chi connectivity index (χ0v) is 31.6. The van der Waals surface area contributed by atoms with E-state index in [1.807, 2.05) is 57.2 Å². The molecule has 8 nitrogen and oxygen atoms in total. The molecule has 2 aliphatic heterocycles. The van der Waals surface area contributed by atoms with Gasteiger partial charge in [-0.3, -0.25) is 14.5 Å². The lowest BCUT2D eigenvalue weighted by molar-refractivity contribution is 0.0577. The summed E-state index contributed by atoms with van der Waals surface area (Å²) in [6.07, 6.45) is 6.57. The maximum atomic E-state index is 12.6. The van der Waals surface area contributed by atoms with Gasteiger partial charge < -0.3 is 19.5 Å². The van der Waals surface area contributed by atoms with Crippen LogP contribution in [-0.4, -0.2) is 50.6 Å². The molecule has 8 heteroatoms. The highest BCUT2D eigenvalue weighted by atomic mass is 16.6. The molecule has 276 valence electrons. The number of amides is 1. The van der Waals surface area contributed by atoms with Gasteiger partial charge in [0.05, 0.1) is 19.9 Å². The maximum absolute atomic E-state index is 12.6. The molecule has 53 heavy (non-hydrogen) atoms. The summed E-state index contributed by atoms with van der Waals surface area (Å²) in [5.74, 6) is 3.39. The molecule has 0 spiro atoms. The largest absolute Gasteiger partial charge is 0.496 e. The number of methoxy groups -OCH3 is 2. The molecule has 2 atom stereocenters. The minimum absolute atomic E-state index is 0.0861. The highest BCUT2D eigenvalue weighted by Crippen LogP contribution is 2.38. The smallest absolute Gasteiger partial charge is 0.414 e. The number of ether oxygens (including phenoxy) is 3. The number of nitrogens with one attached hydrogen (secondary N) is 1. The van der Waals surface area contributed by atoms with E-state index in [1.54, 1.807) is 19.1 Å². The van der Waals surface area contributed by atoms with Crippen LogP contribution in [0, 0.1) is 11.8 Å². The van der Waals surface area contributed by atoms with Crippen LogP contribution in [0.5, 0.6) is 11.5 Å². The van der Waals surface area contributed by atoms with E-state index in [0.717, 1.165) is 73.4 Å². The van der Waals surface area contributed by atoms with E-state index in [-0.39, 0.29) is 11.6 Å². The summed E-state index contributed by atoms with van der Waals surface area (Å²) in [7, 11) is 3.46. The molecule has 2 heterocycles. The van der Waals surface area contributed by atoms with Crippen LogP contribution in [0.2, 0.25) is 0 Å². The third-order valence-corrected chi connectivity index (χ3v) is 10.8. The van der Waals surface area contributed by atoms with Crippen molar-refractivity contribution in [3.63, 3.8) is 0 Å². The summed E-state index contributed by atoms with van der Waals surface area (Å²) in [4.78, 5) is 38.9. The average molecular weight is 715 g/mol. The fourth-order valence-electron chi connectivity index (χ4n) is 8.44. The average Bonchev–Trinajstić information content (AvgIpc) is 3.75. The van der Waals surface area contributed by atoms with E-state index in [4.69, 9.17) is 14.2 Å². The minimum Gasteiger partial charge on any atom is -0.496 e. The van der Waals surface area contributed by atoms with Crippen molar-refractivity contribution >= 4 is 29.0 Å². The molecule has 0 radical (unpaired) electrons. The molecule has 2 aliphatic carbocycles. The normalized spacial score (nSPS) is 18.5. The zero-order chi connectivity index (χ0) is 37.3. The number of hydrogen-bond donors (Lipinski definition) is 1. The van der Waals surface area contributed by atoms with Crippen LogP contribution in [0.4, 0.5) is 16.2 Å². The van der Waals surface area contributed by atoms with Gasteiger partial charge in [-0.15, -0.1) is 0 Å². The molecule has 4 aliphatic rings. The Balaban J connectivity index is 0.000000170. The molecule has 1 amide bonds. The Hall–Kier alpha value is -5.11. The van der Waals surface area contributed by atoms with Gasteiger partial charge in [-0.1, -0.05) is 36.4 Å². The number of carbonyl (C=O) groups excluding carboxylic acids is 3.